The first-order valence-corrected chi connectivity index (χ1v) is 10.1. The number of sulfone groups is 1. The monoisotopic (exact) mass is 397 g/mol. The highest BCUT2D eigenvalue weighted by Crippen LogP contribution is 2.30. The van der Waals surface area contributed by atoms with Crippen molar-refractivity contribution in [3.05, 3.63) is 60.8 Å². The number of hydrogen-bond donors (Lipinski definition) is 1. The quantitative estimate of drug-likeness (QED) is 0.556. The molecule has 0 aliphatic heterocycles. The zero-order chi connectivity index (χ0) is 19.7. The minimum absolute atomic E-state index is 0. The number of benzene rings is 2. The summed E-state index contributed by atoms with van der Waals surface area (Å²) < 4.78 is 29.9. The van der Waals surface area contributed by atoms with Gasteiger partial charge in [0, 0.05) is 20.2 Å². The Kier molecular flexibility index (Phi) is 4.36. The fourth-order valence-corrected chi connectivity index (χ4v) is 3.60. The molecule has 8 nitrogen and oxygen atoms in total. The Hall–Kier alpha value is -3.59. The van der Waals surface area contributed by atoms with Crippen LogP contribution in [0, 0.1) is 0 Å². The van der Waals surface area contributed by atoms with E-state index < -0.39 is 9.84 Å². The van der Waals surface area contributed by atoms with Gasteiger partial charge in [-0.15, -0.1) is 10.2 Å². The largest absolute Gasteiger partial charge is 0.414 e. The van der Waals surface area contributed by atoms with Gasteiger partial charge in [-0.25, -0.2) is 18.4 Å². The number of aromatic nitrogens is 4. The van der Waals surface area contributed by atoms with Gasteiger partial charge >= 0.3 is 0 Å². The Morgan fingerprint density at radius 2 is 1.64 bits per heavy atom. The van der Waals surface area contributed by atoms with Crippen LogP contribution in [0.2, 0.25) is 0 Å². The van der Waals surface area contributed by atoms with E-state index in [1.165, 1.54) is 12.3 Å². The fraction of sp³-hybridized carbons (Fsp3) is 0.0526. The van der Waals surface area contributed by atoms with E-state index in [4.69, 9.17) is 10.2 Å². The van der Waals surface area contributed by atoms with Gasteiger partial charge in [-0.05, 0) is 18.2 Å². The fourth-order valence-electron chi connectivity index (χ4n) is 2.70. The molecule has 4 aromatic rings. The summed E-state index contributed by atoms with van der Waals surface area (Å²) in [6.45, 7) is 0. The lowest BCUT2D eigenvalue weighted by Gasteiger charge is -2.08. The lowest BCUT2D eigenvalue weighted by molar-refractivity contribution is 0.582. The van der Waals surface area contributed by atoms with Gasteiger partial charge in [-0.1, -0.05) is 36.4 Å². The maximum absolute atomic E-state index is 12.1. The van der Waals surface area contributed by atoms with Crippen molar-refractivity contribution in [1.82, 2.24) is 20.2 Å². The molecule has 0 unspecified atom stereocenters. The van der Waals surface area contributed by atoms with Crippen molar-refractivity contribution in [3.63, 3.8) is 0 Å². The number of nitrogens with two attached hydrogens (primary N) is 1. The zero-order valence-electron chi connectivity index (χ0n) is 14.8. The molecule has 0 aliphatic carbocycles. The number of hydrogen-bond acceptors (Lipinski definition) is 8. The molecule has 0 saturated heterocycles. The SMILES string of the molecule is CS(=O)(=O)c1ccccc1-c1cnc(N)c(-c2nnc(-c3ccccc3)o2)n1.[HH].[HH]. The summed E-state index contributed by atoms with van der Waals surface area (Å²) in [6, 6.07) is 15.8. The average Bonchev–Trinajstić information content (AvgIpc) is 3.18. The molecule has 0 bridgehead atoms. The van der Waals surface area contributed by atoms with Crippen LogP contribution in [0.25, 0.3) is 34.3 Å². The van der Waals surface area contributed by atoms with Gasteiger partial charge in [0.2, 0.25) is 5.89 Å². The van der Waals surface area contributed by atoms with Crippen molar-refractivity contribution in [1.29, 1.82) is 0 Å². The van der Waals surface area contributed by atoms with Gasteiger partial charge in [0.25, 0.3) is 5.89 Å². The number of nitrogens with zero attached hydrogens (tertiary/aromatic N) is 4. The van der Waals surface area contributed by atoms with Crippen LogP contribution in [0.1, 0.15) is 2.85 Å². The van der Waals surface area contributed by atoms with Crippen LogP contribution in [-0.4, -0.2) is 34.8 Å². The molecular weight excluding hydrogens is 378 g/mol. The molecule has 0 fully saturated rings. The lowest BCUT2D eigenvalue weighted by atomic mass is 10.1. The predicted molar refractivity (Wildman–Crippen MR) is 108 cm³/mol. The molecule has 28 heavy (non-hydrogen) atoms. The second-order valence-corrected chi connectivity index (χ2v) is 8.02. The van der Waals surface area contributed by atoms with Gasteiger partial charge in [0.05, 0.1) is 16.8 Å². The Morgan fingerprint density at radius 3 is 2.39 bits per heavy atom. The lowest BCUT2D eigenvalue weighted by Crippen LogP contribution is -2.03. The van der Waals surface area contributed by atoms with Gasteiger partial charge in [0.15, 0.2) is 21.3 Å². The Labute approximate surface area is 164 Å². The molecule has 2 aromatic carbocycles. The van der Waals surface area contributed by atoms with Gasteiger partial charge < -0.3 is 10.2 Å². The topological polar surface area (TPSA) is 125 Å². The van der Waals surface area contributed by atoms with Crippen molar-refractivity contribution in [3.8, 4) is 34.3 Å². The van der Waals surface area contributed by atoms with Crippen LogP contribution >= 0.6 is 0 Å². The normalized spacial score (nSPS) is 11.5. The van der Waals surface area contributed by atoms with Crippen LogP contribution in [0.15, 0.2) is 70.1 Å². The van der Waals surface area contributed by atoms with E-state index in [0.717, 1.165) is 11.8 Å². The average molecular weight is 397 g/mol. The molecule has 144 valence electrons. The minimum Gasteiger partial charge on any atom is -0.414 e. The van der Waals surface area contributed by atoms with E-state index in [1.54, 1.807) is 18.2 Å². The third kappa shape index (κ3) is 3.35. The summed E-state index contributed by atoms with van der Waals surface area (Å²) in [5.41, 5.74) is 7.65. The second-order valence-electron chi connectivity index (χ2n) is 6.04. The Bertz CT molecular complexity index is 1260. The Morgan fingerprint density at radius 1 is 0.964 bits per heavy atom. The summed E-state index contributed by atoms with van der Waals surface area (Å²) in [4.78, 5) is 8.72. The highest BCUT2D eigenvalue weighted by molar-refractivity contribution is 7.90. The minimum atomic E-state index is -3.45. The number of rotatable bonds is 4. The van der Waals surface area contributed by atoms with E-state index in [-0.39, 0.29) is 25.2 Å². The summed E-state index contributed by atoms with van der Waals surface area (Å²) in [5.74, 6) is 0.519. The first-order valence-electron chi connectivity index (χ1n) is 8.25. The van der Waals surface area contributed by atoms with E-state index in [0.29, 0.717) is 17.1 Å². The molecule has 0 spiro atoms. The van der Waals surface area contributed by atoms with Crippen LogP contribution in [0.5, 0.6) is 0 Å². The van der Waals surface area contributed by atoms with Crippen molar-refractivity contribution < 1.29 is 15.7 Å². The highest BCUT2D eigenvalue weighted by Gasteiger charge is 2.19. The maximum atomic E-state index is 12.1. The molecule has 2 heterocycles. The third-order valence-electron chi connectivity index (χ3n) is 4.01. The molecule has 0 radical (unpaired) electrons. The van der Waals surface area contributed by atoms with Gasteiger partial charge in [-0.2, -0.15) is 0 Å². The van der Waals surface area contributed by atoms with Gasteiger partial charge in [0.1, 0.15) is 0 Å². The van der Waals surface area contributed by atoms with Crippen LogP contribution in [0.3, 0.4) is 0 Å². The van der Waals surface area contributed by atoms with E-state index in [2.05, 4.69) is 20.2 Å². The summed E-state index contributed by atoms with van der Waals surface area (Å²) >= 11 is 0. The van der Waals surface area contributed by atoms with Crippen molar-refractivity contribution in [2.75, 3.05) is 12.0 Å². The molecule has 2 N–H and O–H groups in total. The number of anilines is 1. The summed E-state index contributed by atoms with van der Waals surface area (Å²) in [6.07, 6.45) is 2.55. The number of nitrogen functional groups attached to an aromatic ring is 1. The van der Waals surface area contributed by atoms with E-state index in [1.807, 2.05) is 30.3 Å². The molecular formula is C19H19N5O3S. The van der Waals surface area contributed by atoms with Crippen molar-refractivity contribution >= 4 is 15.7 Å². The molecule has 4 rings (SSSR count). The van der Waals surface area contributed by atoms with Crippen molar-refractivity contribution in [2.45, 2.75) is 4.90 Å². The second kappa shape index (κ2) is 6.86. The highest BCUT2D eigenvalue weighted by atomic mass is 32.2. The van der Waals surface area contributed by atoms with Crippen LogP contribution < -0.4 is 5.73 Å². The molecule has 0 aliphatic rings. The maximum Gasteiger partial charge on any atom is 0.270 e. The Balaban J connectivity index is 0.00000160. The van der Waals surface area contributed by atoms with Crippen molar-refractivity contribution in [2.24, 2.45) is 0 Å². The first-order chi connectivity index (χ1) is 13.4. The van der Waals surface area contributed by atoms with E-state index >= 15 is 0 Å². The summed E-state index contributed by atoms with van der Waals surface area (Å²) in [7, 11) is -3.45. The van der Waals surface area contributed by atoms with Gasteiger partial charge in [-0.3, -0.25) is 0 Å². The smallest absolute Gasteiger partial charge is 0.270 e. The predicted octanol–water partition coefficient (Wildman–Crippen LogP) is 3.34. The summed E-state index contributed by atoms with van der Waals surface area (Å²) in [5, 5.41) is 8.04. The standard InChI is InChI=1S/C19H15N5O3S.2H2/c1-28(25,26)15-10-6-5-9-13(15)14-11-21-17(20)16(22-14)19-24-23-18(27-19)12-7-3-2-4-8-12;;/h2-11H,1H3,(H2,20,21);2*1H. The first kappa shape index (κ1) is 17.8. The molecule has 2 aromatic heterocycles. The third-order valence-corrected chi connectivity index (χ3v) is 5.17. The zero-order valence-corrected chi connectivity index (χ0v) is 15.6. The molecule has 0 amide bonds. The van der Waals surface area contributed by atoms with E-state index in [9.17, 15) is 8.42 Å². The van der Waals surface area contributed by atoms with Crippen LogP contribution in [-0.2, 0) is 9.84 Å². The molecule has 9 heteroatoms. The van der Waals surface area contributed by atoms with Crippen LogP contribution in [0.4, 0.5) is 5.82 Å². The molecule has 0 atom stereocenters. The molecule has 0 saturated carbocycles.